The first-order chi connectivity index (χ1) is 9.28. The van der Waals surface area contributed by atoms with E-state index in [1.54, 1.807) is 0 Å². The molecule has 4 N–H and O–H groups in total. The Balaban J connectivity index is 2.41. The first-order valence-corrected chi connectivity index (χ1v) is 5.60. The van der Waals surface area contributed by atoms with E-state index >= 15 is 0 Å². The third-order valence-corrected chi connectivity index (χ3v) is 3.17. The van der Waals surface area contributed by atoms with Gasteiger partial charge < -0.3 is 30.3 Å². The molecule has 0 spiro atoms. The van der Waals surface area contributed by atoms with Gasteiger partial charge in [-0.15, -0.1) is 6.42 Å². The van der Waals surface area contributed by atoms with Crippen molar-refractivity contribution in [3.05, 3.63) is 24.7 Å². The van der Waals surface area contributed by atoms with Crippen molar-refractivity contribution >= 4 is 5.91 Å². The van der Waals surface area contributed by atoms with Crippen molar-refractivity contribution in [2.75, 3.05) is 6.61 Å². The van der Waals surface area contributed by atoms with Gasteiger partial charge in [0.2, 0.25) is 5.60 Å². The van der Waals surface area contributed by atoms with Crippen molar-refractivity contribution in [1.29, 1.82) is 0 Å². The SMILES string of the molecule is C#C[C@]1(O)[C@H](N2C=CC(=O)NC2=C)O[C@](F)(CO)[C@H]1O. The molecule has 0 saturated carbocycles. The lowest BCUT2D eigenvalue weighted by atomic mass is 9.93. The van der Waals surface area contributed by atoms with Crippen LogP contribution in [0, 0.1) is 12.3 Å². The van der Waals surface area contributed by atoms with Gasteiger partial charge in [0.05, 0.1) is 0 Å². The molecule has 2 aliphatic heterocycles. The van der Waals surface area contributed by atoms with Crippen molar-refractivity contribution in [3.63, 3.8) is 0 Å². The highest BCUT2D eigenvalue weighted by atomic mass is 19.2. The van der Waals surface area contributed by atoms with Crippen LogP contribution in [-0.2, 0) is 9.53 Å². The van der Waals surface area contributed by atoms with Crippen LogP contribution in [0.15, 0.2) is 24.7 Å². The summed E-state index contributed by atoms with van der Waals surface area (Å²) < 4.78 is 19.0. The largest absolute Gasteiger partial charge is 0.390 e. The number of ether oxygens (including phenoxy) is 1. The van der Waals surface area contributed by atoms with Crippen molar-refractivity contribution in [3.8, 4) is 12.3 Å². The van der Waals surface area contributed by atoms with Crippen LogP contribution in [0.4, 0.5) is 4.39 Å². The average molecular weight is 284 g/mol. The Bertz CT molecular complexity index is 530. The van der Waals surface area contributed by atoms with E-state index in [1.807, 2.05) is 5.92 Å². The van der Waals surface area contributed by atoms with Crippen molar-refractivity contribution in [2.45, 2.75) is 23.8 Å². The minimum Gasteiger partial charge on any atom is -0.390 e. The zero-order chi connectivity index (χ0) is 15.1. The average Bonchev–Trinajstić information content (AvgIpc) is 2.62. The maximum atomic E-state index is 14.2. The summed E-state index contributed by atoms with van der Waals surface area (Å²) >= 11 is 0. The number of amides is 1. The molecular formula is C12H13FN2O5. The molecule has 2 rings (SSSR count). The summed E-state index contributed by atoms with van der Waals surface area (Å²) in [5, 5.41) is 31.3. The molecule has 0 unspecified atom stereocenters. The molecular weight excluding hydrogens is 271 g/mol. The molecule has 1 fully saturated rings. The Morgan fingerprint density at radius 3 is 2.85 bits per heavy atom. The highest BCUT2D eigenvalue weighted by molar-refractivity contribution is 5.89. The predicted molar refractivity (Wildman–Crippen MR) is 63.8 cm³/mol. The molecule has 0 aliphatic carbocycles. The first kappa shape index (κ1) is 14.5. The van der Waals surface area contributed by atoms with Crippen LogP contribution in [0.3, 0.4) is 0 Å². The number of hydrogen-bond acceptors (Lipinski definition) is 6. The smallest absolute Gasteiger partial charge is 0.264 e. The molecule has 20 heavy (non-hydrogen) atoms. The molecule has 108 valence electrons. The number of rotatable bonds is 2. The fraction of sp³-hybridized carbons (Fsp3) is 0.417. The Morgan fingerprint density at radius 2 is 2.35 bits per heavy atom. The molecule has 0 aromatic heterocycles. The van der Waals surface area contributed by atoms with Crippen LogP contribution in [0.1, 0.15) is 0 Å². The van der Waals surface area contributed by atoms with Gasteiger partial charge in [0.15, 0.2) is 12.3 Å². The number of hydrogen-bond donors (Lipinski definition) is 4. The maximum Gasteiger partial charge on any atom is 0.264 e. The zero-order valence-corrected chi connectivity index (χ0v) is 10.3. The highest BCUT2D eigenvalue weighted by Crippen LogP contribution is 2.41. The molecule has 4 atom stereocenters. The highest BCUT2D eigenvalue weighted by Gasteiger charge is 2.65. The monoisotopic (exact) mass is 284 g/mol. The number of carbonyl (C=O) groups excluding carboxylic acids is 1. The number of nitrogens with zero attached hydrogens (tertiary/aromatic N) is 1. The predicted octanol–water partition coefficient (Wildman–Crippen LogP) is -1.86. The molecule has 2 aliphatic rings. The molecule has 7 nitrogen and oxygen atoms in total. The summed E-state index contributed by atoms with van der Waals surface area (Å²) in [5.74, 6) is -1.56. The van der Waals surface area contributed by atoms with E-state index in [-0.39, 0.29) is 5.82 Å². The fourth-order valence-corrected chi connectivity index (χ4v) is 2.05. The molecule has 2 heterocycles. The second-order valence-electron chi connectivity index (χ2n) is 4.45. The zero-order valence-electron chi connectivity index (χ0n) is 10.3. The van der Waals surface area contributed by atoms with Gasteiger partial charge in [-0.3, -0.25) is 4.79 Å². The number of carbonyl (C=O) groups is 1. The number of terminal acetylenes is 1. The van der Waals surface area contributed by atoms with Gasteiger partial charge >= 0.3 is 0 Å². The Labute approximate surface area is 113 Å². The lowest BCUT2D eigenvalue weighted by molar-refractivity contribution is -0.210. The second kappa shape index (κ2) is 4.57. The summed E-state index contributed by atoms with van der Waals surface area (Å²) in [6, 6.07) is 0. The molecule has 0 bridgehead atoms. The van der Waals surface area contributed by atoms with E-state index in [4.69, 9.17) is 16.3 Å². The quantitative estimate of drug-likeness (QED) is 0.444. The van der Waals surface area contributed by atoms with Gasteiger partial charge in [0.25, 0.3) is 11.8 Å². The van der Waals surface area contributed by atoms with Crippen LogP contribution in [0.5, 0.6) is 0 Å². The number of alkyl halides is 1. The van der Waals surface area contributed by atoms with E-state index < -0.39 is 36.3 Å². The lowest BCUT2D eigenvalue weighted by Crippen LogP contribution is -2.55. The van der Waals surface area contributed by atoms with E-state index in [1.165, 1.54) is 6.20 Å². The van der Waals surface area contributed by atoms with Gasteiger partial charge in [-0.2, -0.15) is 0 Å². The Kier molecular flexibility index (Phi) is 3.31. The topological polar surface area (TPSA) is 102 Å². The molecule has 1 saturated heterocycles. The fourth-order valence-electron chi connectivity index (χ4n) is 2.05. The second-order valence-corrected chi connectivity index (χ2v) is 4.45. The van der Waals surface area contributed by atoms with Crippen molar-refractivity contribution in [1.82, 2.24) is 10.2 Å². The number of halogens is 1. The minimum absolute atomic E-state index is 0.0226. The maximum absolute atomic E-state index is 14.2. The van der Waals surface area contributed by atoms with Gasteiger partial charge in [-0.05, 0) is 0 Å². The van der Waals surface area contributed by atoms with Gasteiger partial charge in [0, 0.05) is 12.3 Å². The molecule has 0 aromatic rings. The van der Waals surface area contributed by atoms with E-state index in [0.29, 0.717) is 0 Å². The van der Waals surface area contributed by atoms with Crippen LogP contribution in [0.25, 0.3) is 0 Å². The van der Waals surface area contributed by atoms with Crippen LogP contribution < -0.4 is 5.32 Å². The summed E-state index contributed by atoms with van der Waals surface area (Å²) in [7, 11) is 0. The van der Waals surface area contributed by atoms with Gasteiger partial charge in [-0.25, -0.2) is 4.39 Å². The summed E-state index contributed by atoms with van der Waals surface area (Å²) in [6.07, 6.45) is 3.66. The van der Waals surface area contributed by atoms with Crippen LogP contribution >= 0.6 is 0 Å². The van der Waals surface area contributed by atoms with Crippen molar-refractivity contribution < 1.29 is 29.2 Å². The minimum atomic E-state index is -2.93. The first-order valence-electron chi connectivity index (χ1n) is 5.60. The van der Waals surface area contributed by atoms with Gasteiger partial charge in [0.1, 0.15) is 12.4 Å². The standard InChI is InChI=1S/C12H13FN2O5/c1-3-11(19)9(18)12(13,6-16)20-10(11)15-5-4-8(17)14-7(15)2/h1,4-5,9-10,16,18-19H,2,6H2,(H,14,17)/t9-,10+,11+,12+/m0/s1. The van der Waals surface area contributed by atoms with E-state index in [2.05, 4.69) is 11.9 Å². The van der Waals surface area contributed by atoms with Crippen molar-refractivity contribution in [2.24, 2.45) is 0 Å². The lowest BCUT2D eigenvalue weighted by Gasteiger charge is -2.36. The van der Waals surface area contributed by atoms with E-state index in [0.717, 1.165) is 11.0 Å². The van der Waals surface area contributed by atoms with Crippen LogP contribution in [0.2, 0.25) is 0 Å². The normalized spacial score (nSPS) is 40.6. The summed E-state index contributed by atoms with van der Waals surface area (Å²) in [5.41, 5.74) is -2.44. The molecule has 0 radical (unpaired) electrons. The Hall–Kier alpha value is -1.92. The van der Waals surface area contributed by atoms with Gasteiger partial charge in [-0.1, -0.05) is 12.5 Å². The Morgan fingerprint density at radius 1 is 1.70 bits per heavy atom. The number of nitrogens with one attached hydrogen (secondary N) is 1. The summed E-state index contributed by atoms with van der Waals surface area (Å²) in [4.78, 5) is 12.2. The molecule has 1 amide bonds. The third kappa shape index (κ3) is 1.88. The van der Waals surface area contributed by atoms with Crippen LogP contribution in [-0.4, -0.2) is 56.5 Å². The molecule has 8 heteroatoms. The number of aliphatic hydroxyl groups excluding tert-OH is 2. The van der Waals surface area contributed by atoms with E-state index in [9.17, 15) is 19.4 Å². The summed E-state index contributed by atoms with van der Waals surface area (Å²) in [6.45, 7) is 2.30. The third-order valence-electron chi connectivity index (χ3n) is 3.17. The number of aliphatic hydroxyl groups is 3. The molecule has 0 aromatic carbocycles.